The third kappa shape index (κ3) is 6.82. The molecule has 2 fully saturated rings. The van der Waals surface area contributed by atoms with Crippen LogP contribution in [0.3, 0.4) is 0 Å². The summed E-state index contributed by atoms with van der Waals surface area (Å²) < 4.78 is 33.5. The lowest BCUT2D eigenvalue weighted by Crippen LogP contribution is -2.51. The van der Waals surface area contributed by atoms with Crippen LogP contribution in [-0.2, 0) is 22.6 Å². The lowest BCUT2D eigenvalue weighted by molar-refractivity contribution is -0.134. The van der Waals surface area contributed by atoms with Crippen LogP contribution in [0.5, 0.6) is 0 Å². The second kappa shape index (κ2) is 13.4. The summed E-state index contributed by atoms with van der Waals surface area (Å²) in [6.45, 7) is 2.24. The van der Waals surface area contributed by atoms with Gasteiger partial charge in [0.2, 0.25) is 11.8 Å². The highest BCUT2D eigenvalue weighted by Gasteiger charge is 2.32. The van der Waals surface area contributed by atoms with Gasteiger partial charge in [-0.2, -0.15) is 0 Å². The van der Waals surface area contributed by atoms with E-state index in [2.05, 4.69) is 17.4 Å². The van der Waals surface area contributed by atoms with E-state index < -0.39 is 40.4 Å². The second-order valence-corrected chi connectivity index (χ2v) is 12.2. The molecule has 0 bridgehead atoms. The Kier molecular flexibility index (Phi) is 9.17. The molecular weight excluding hydrogens is 616 g/mol. The fourth-order valence-electron chi connectivity index (χ4n) is 6.37. The molecular formula is C35H32ClF2N3O5. The smallest absolute Gasteiger partial charge is 0.287 e. The summed E-state index contributed by atoms with van der Waals surface area (Å²) in [5.74, 6) is -3.38. The van der Waals surface area contributed by atoms with Crippen LogP contribution in [0.1, 0.15) is 58.8 Å². The maximum absolute atomic E-state index is 14.4. The Balaban J connectivity index is 1.19. The van der Waals surface area contributed by atoms with Gasteiger partial charge in [0.05, 0.1) is 5.39 Å². The standard InChI is InChI=1S/C35H32ClF2N3O5/c36-24-9-7-21(8-10-24)16-29(39-34(44)31-19-30(42)27-17-25(37)18-28(38)33(27)46-31)35(45)40-14-11-22(12-15-40)26-5-2-1-4-23(26)20-41-13-3-6-32(41)43/h1-2,4-5,7-10,17-19,22,29H,3,6,11-16,20H2,(H,39,44)/t29-/m0/s1. The number of piperidine rings is 1. The Bertz CT molecular complexity index is 1850. The normalized spacial score (nSPS) is 16.2. The predicted octanol–water partition coefficient (Wildman–Crippen LogP) is 5.59. The zero-order chi connectivity index (χ0) is 32.4. The minimum atomic E-state index is -1.12. The van der Waals surface area contributed by atoms with E-state index in [1.165, 1.54) is 5.56 Å². The molecule has 2 saturated heterocycles. The summed E-state index contributed by atoms with van der Waals surface area (Å²) in [4.78, 5) is 55.7. The quantitative estimate of drug-likeness (QED) is 0.269. The summed E-state index contributed by atoms with van der Waals surface area (Å²) >= 11 is 6.05. The molecule has 11 heteroatoms. The monoisotopic (exact) mass is 647 g/mol. The number of nitrogens with one attached hydrogen (secondary N) is 1. The minimum Gasteiger partial charge on any atom is -0.448 e. The van der Waals surface area contributed by atoms with Crippen LogP contribution in [0.2, 0.25) is 5.02 Å². The number of carbonyl (C=O) groups is 3. The van der Waals surface area contributed by atoms with Gasteiger partial charge in [0, 0.05) is 56.2 Å². The fourth-order valence-corrected chi connectivity index (χ4v) is 6.49. The van der Waals surface area contributed by atoms with Crippen molar-refractivity contribution >= 4 is 40.3 Å². The van der Waals surface area contributed by atoms with E-state index in [9.17, 15) is 28.0 Å². The zero-order valence-corrected chi connectivity index (χ0v) is 25.7. The predicted molar refractivity (Wildman–Crippen MR) is 168 cm³/mol. The van der Waals surface area contributed by atoms with E-state index >= 15 is 0 Å². The van der Waals surface area contributed by atoms with Crippen molar-refractivity contribution in [3.8, 4) is 0 Å². The molecule has 0 spiro atoms. The third-order valence-corrected chi connectivity index (χ3v) is 9.01. The zero-order valence-electron chi connectivity index (χ0n) is 24.9. The van der Waals surface area contributed by atoms with Crippen molar-refractivity contribution in [3.05, 3.63) is 116 Å². The van der Waals surface area contributed by atoms with Gasteiger partial charge < -0.3 is 19.5 Å². The molecule has 8 nitrogen and oxygen atoms in total. The van der Waals surface area contributed by atoms with Gasteiger partial charge in [0.15, 0.2) is 22.6 Å². The van der Waals surface area contributed by atoms with E-state index in [1.807, 2.05) is 17.0 Å². The van der Waals surface area contributed by atoms with Crippen molar-refractivity contribution in [1.29, 1.82) is 0 Å². The number of likely N-dealkylation sites (tertiary alicyclic amines) is 2. The van der Waals surface area contributed by atoms with Crippen LogP contribution < -0.4 is 10.7 Å². The van der Waals surface area contributed by atoms with Gasteiger partial charge in [-0.15, -0.1) is 0 Å². The summed E-state index contributed by atoms with van der Waals surface area (Å²) in [6, 6.07) is 16.2. The first-order valence-electron chi connectivity index (χ1n) is 15.3. The highest BCUT2D eigenvalue weighted by molar-refractivity contribution is 6.30. The van der Waals surface area contributed by atoms with Gasteiger partial charge in [-0.25, -0.2) is 8.78 Å². The largest absolute Gasteiger partial charge is 0.448 e. The van der Waals surface area contributed by atoms with Gasteiger partial charge in [-0.05, 0) is 60.1 Å². The number of carbonyl (C=O) groups excluding carboxylic acids is 3. The Labute approximate surface area is 268 Å². The molecule has 0 radical (unpaired) electrons. The molecule has 0 unspecified atom stereocenters. The van der Waals surface area contributed by atoms with Crippen LogP contribution >= 0.6 is 11.6 Å². The van der Waals surface area contributed by atoms with Crippen molar-refractivity contribution in [2.24, 2.45) is 0 Å². The van der Waals surface area contributed by atoms with Gasteiger partial charge in [0.1, 0.15) is 11.9 Å². The third-order valence-electron chi connectivity index (χ3n) is 8.76. The first-order valence-corrected chi connectivity index (χ1v) is 15.7. The Morgan fingerprint density at radius 3 is 2.43 bits per heavy atom. The first-order chi connectivity index (χ1) is 22.2. The van der Waals surface area contributed by atoms with Crippen molar-refractivity contribution in [3.63, 3.8) is 0 Å². The molecule has 238 valence electrons. The van der Waals surface area contributed by atoms with Crippen molar-refractivity contribution in [1.82, 2.24) is 15.1 Å². The molecule has 0 saturated carbocycles. The summed E-state index contributed by atoms with van der Waals surface area (Å²) in [5, 5.41) is 2.87. The highest BCUT2D eigenvalue weighted by Crippen LogP contribution is 2.32. The van der Waals surface area contributed by atoms with E-state index in [1.54, 1.807) is 29.2 Å². The van der Waals surface area contributed by atoms with Gasteiger partial charge in [-0.3, -0.25) is 19.2 Å². The number of hydrogen-bond donors (Lipinski definition) is 1. The molecule has 6 rings (SSSR count). The molecule has 2 aliphatic rings. The SMILES string of the molecule is O=C(N[C@@H](Cc1ccc(Cl)cc1)C(=O)N1CCC(c2ccccc2CN2CCCC2=O)CC1)c1cc(=O)c2cc(F)cc(F)c2o1. The number of fused-ring (bicyclic) bond motifs is 1. The average Bonchev–Trinajstić information content (AvgIpc) is 3.45. The van der Waals surface area contributed by atoms with Crippen LogP contribution in [0.25, 0.3) is 11.0 Å². The number of amides is 3. The lowest BCUT2D eigenvalue weighted by Gasteiger charge is -2.35. The van der Waals surface area contributed by atoms with E-state index in [0.717, 1.165) is 36.2 Å². The Morgan fingerprint density at radius 2 is 1.72 bits per heavy atom. The molecule has 3 amide bonds. The summed E-state index contributed by atoms with van der Waals surface area (Å²) in [5.41, 5.74) is 1.70. The maximum Gasteiger partial charge on any atom is 0.287 e. The van der Waals surface area contributed by atoms with E-state index in [0.29, 0.717) is 50.0 Å². The Morgan fingerprint density at radius 1 is 0.978 bits per heavy atom. The number of halogens is 3. The number of hydrogen-bond acceptors (Lipinski definition) is 5. The average molecular weight is 648 g/mol. The second-order valence-electron chi connectivity index (χ2n) is 11.8. The summed E-state index contributed by atoms with van der Waals surface area (Å²) in [6.07, 6.45) is 2.99. The lowest BCUT2D eigenvalue weighted by atomic mass is 9.86. The van der Waals surface area contributed by atoms with Gasteiger partial charge in [0.25, 0.3) is 5.91 Å². The number of rotatable bonds is 8. The fraction of sp³-hybridized carbons (Fsp3) is 0.314. The van der Waals surface area contributed by atoms with Crippen LogP contribution in [0.4, 0.5) is 8.78 Å². The highest BCUT2D eigenvalue weighted by atomic mass is 35.5. The van der Waals surface area contributed by atoms with Gasteiger partial charge >= 0.3 is 0 Å². The van der Waals surface area contributed by atoms with Crippen LogP contribution in [0, 0.1) is 11.6 Å². The van der Waals surface area contributed by atoms with Crippen LogP contribution in [-0.4, -0.2) is 53.2 Å². The minimum absolute atomic E-state index is 0.131. The first kappa shape index (κ1) is 31.4. The van der Waals surface area contributed by atoms with Crippen molar-refractivity contribution in [2.75, 3.05) is 19.6 Å². The summed E-state index contributed by atoms with van der Waals surface area (Å²) in [7, 11) is 0. The molecule has 2 aliphatic heterocycles. The molecule has 46 heavy (non-hydrogen) atoms. The van der Waals surface area contributed by atoms with E-state index in [4.69, 9.17) is 16.0 Å². The number of nitrogens with zero attached hydrogens (tertiary/aromatic N) is 2. The Hall–Kier alpha value is -4.57. The molecule has 3 heterocycles. The van der Waals surface area contributed by atoms with E-state index in [-0.39, 0.29) is 29.5 Å². The maximum atomic E-state index is 14.4. The number of benzene rings is 3. The van der Waals surface area contributed by atoms with Crippen molar-refractivity contribution < 1.29 is 27.6 Å². The molecule has 1 N–H and O–H groups in total. The molecule has 4 aromatic rings. The molecule has 1 atom stereocenters. The molecule has 3 aromatic carbocycles. The van der Waals surface area contributed by atoms with Gasteiger partial charge in [-0.1, -0.05) is 48.0 Å². The molecule has 0 aliphatic carbocycles. The molecule has 1 aromatic heterocycles. The topological polar surface area (TPSA) is 99.9 Å². The van der Waals surface area contributed by atoms with Crippen LogP contribution in [0.15, 0.2) is 75.9 Å². The van der Waals surface area contributed by atoms with Crippen molar-refractivity contribution in [2.45, 2.75) is 50.6 Å².